The average molecular weight is 266 g/mol. The van der Waals surface area contributed by atoms with E-state index in [1.165, 1.54) is 6.92 Å². The van der Waals surface area contributed by atoms with Crippen molar-refractivity contribution in [1.82, 2.24) is 0 Å². The minimum absolute atomic E-state index is 0.00132. The maximum Gasteiger partial charge on any atom is 0.346 e. The molecule has 0 amide bonds. The fourth-order valence-electron chi connectivity index (χ4n) is 0.800. The van der Waals surface area contributed by atoms with Crippen molar-refractivity contribution < 1.29 is 14.8 Å². The third-order valence-electron chi connectivity index (χ3n) is 1.42. The van der Waals surface area contributed by atoms with Crippen LogP contribution in [0.4, 0.5) is 5.00 Å². The molecule has 0 aromatic carbocycles. The second-order valence-electron chi connectivity index (χ2n) is 2.24. The van der Waals surface area contributed by atoms with E-state index in [0.717, 1.165) is 0 Å². The van der Waals surface area contributed by atoms with Crippen LogP contribution >= 0.6 is 27.3 Å². The van der Waals surface area contributed by atoms with Gasteiger partial charge in [-0.25, -0.2) is 4.79 Å². The van der Waals surface area contributed by atoms with Gasteiger partial charge in [0.2, 0.25) is 0 Å². The maximum atomic E-state index is 10.6. The fourth-order valence-corrected chi connectivity index (χ4v) is 2.37. The van der Waals surface area contributed by atoms with Crippen LogP contribution in [-0.2, 0) is 0 Å². The van der Waals surface area contributed by atoms with Gasteiger partial charge in [0.05, 0.1) is 4.92 Å². The van der Waals surface area contributed by atoms with Crippen LogP contribution in [-0.4, -0.2) is 16.0 Å². The molecule has 1 aromatic heterocycles. The molecule has 0 bridgehead atoms. The van der Waals surface area contributed by atoms with Gasteiger partial charge in [0.1, 0.15) is 9.35 Å². The van der Waals surface area contributed by atoms with E-state index in [-0.39, 0.29) is 14.4 Å². The highest BCUT2D eigenvalue weighted by molar-refractivity contribution is 9.10. The normalized spacial score (nSPS) is 10.0. The van der Waals surface area contributed by atoms with E-state index >= 15 is 0 Å². The summed E-state index contributed by atoms with van der Waals surface area (Å²) in [5.74, 6) is -1.14. The van der Waals surface area contributed by atoms with Crippen LogP contribution in [0, 0.1) is 17.0 Å². The molecule has 0 aliphatic rings. The first-order valence-corrected chi connectivity index (χ1v) is 4.72. The predicted molar refractivity (Wildman–Crippen MR) is 50.4 cm³/mol. The third kappa shape index (κ3) is 1.70. The van der Waals surface area contributed by atoms with E-state index in [1.807, 2.05) is 0 Å². The van der Waals surface area contributed by atoms with Crippen LogP contribution in [0.5, 0.6) is 0 Å². The molecule has 1 heterocycles. The minimum Gasteiger partial charge on any atom is -0.477 e. The smallest absolute Gasteiger partial charge is 0.346 e. The molecule has 0 atom stereocenters. The lowest BCUT2D eigenvalue weighted by Gasteiger charge is -1.87. The molecule has 1 aromatic rings. The van der Waals surface area contributed by atoms with E-state index in [4.69, 9.17) is 5.11 Å². The Morgan fingerprint density at radius 3 is 2.46 bits per heavy atom. The van der Waals surface area contributed by atoms with E-state index in [2.05, 4.69) is 15.9 Å². The molecule has 1 N–H and O–H groups in total. The predicted octanol–water partition coefficient (Wildman–Crippen LogP) is 2.43. The average Bonchev–Trinajstić information content (AvgIpc) is 2.29. The van der Waals surface area contributed by atoms with Gasteiger partial charge in [-0.05, 0) is 28.4 Å². The molecule has 0 saturated heterocycles. The molecular formula is C6H4BrNO4S. The summed E-state index contributed by atoms with van der Waals surface area (Å²) in [5, 5.41) is 18.9. The summed E-state index contributed by atoms with van der Waals surface area (Å²) in [5.41, 5.74) is 0.393. The summed E-state index contributed by atoms with van der Waals surface area (Å²) >= 11 is 3.63. The number of aromatic carboxylic acids is 1. The zero-order valence-corrected chi connectivity index (χ0v) is 8.81. The first-order valence-electron chi connectivity index (χ1n) is 3.11. The van der Waals surface area contributed by atoms with Crippen LogP contribution in [0.15, 0.2) is 4.47 Å². The standard InChI is InChI=1S/C6H4BrNO4S/c1-2-3(7)5(8(11)12)13-4(2)6(9)10/h1H3,(H,9,10). The van der Waals surface area contributed by atoms with Crippen LogP contribution in [0.25, 0.3) is 0 Å². The van der Waals surface area contributed by atoms with Crippen molar-refractivity contribution in [2.24, 2.45) is 0 Å². The van der Waals surface area contributed by atoms with E-state index in [1.54, 1.807) is 0 Å². The number of halogens is 1. The largest absolute Gasteiger partial charge is 0.477 e. The number of rotatable bonds is 2. The van der Waals surface area contributed by atoms with Gasteiger partial charge in [-0.15, -0.1) is 0 Å². The molecular weight excluding hydrogens is 262 g/mol. The van der Waals surface area contributed by atoms with Crippen molar-refractivity contribution in [3.63, 3.8) is 0 Å². The molecule has 5 nitrogen and oxygen atoms in total. The second-order valence-corrected chi connectivity index (χ2v) is 4.03. The van der Waals surface area contributed by atoms with Gasteiger partial charge in [-0.1, -0.05) is 11.3 Å². The first-order chi connectivity index (χ1) is 5.95. The van der Waals surface area contributed by atoms with Gasteiger partial charge < -0.3 is 5.11 Å². The highest BCUT2D eigenvalue weighted by Gasteiger charge is 2.24. The quantitative estimate of drug-likeness (QED) is 0.658. The lowest BCUT2D eigenvalue weighted by molar-refractivity contribution is -0.381. The highest BCUT2D eigenvalue weighted by Crippen LogP contribution is 2.38. The Labute approximate surface area is 85.3 Å². The number of nitro groups is 1. The van der Waals surface area contributed by atoms with Gasteiger partial charge in [-0.2, -0.15) is 0 Å². The summed E-state index contributed by atoms with van der Waals surface area (Å²) in [6, 6.07) is 0. The topological polar surface area (TPSA) is 80.4 Å². The molecule has 0 unspecified atom stereocenters. The zero-order chi connectivity index (χ0) is 10.2. The lowest BCUT2D eigenvalue weighted by Crippen LogP contribution is -1.93. The van der Waals surface area contributed by atoms with E-state index in [0.29, 0.717) is 16.9 Å². The van der Waals surface area contributed by atoms with Crippen LogP contribution < -0.4 is 0 Å². The fraction of sp³-hybridized carbons (Fsp3) is 0.167. The van der Waals surface area contributed by atoms with Crippen molar-refractivity contribution in [2.45, 2.75) is 6.92 Å². The number of carboxylic acid groups (broad SMARTS) is 1. The Balaban J connectivity index is 3.36. The van der Waals surface area contributed by atoms with Crippen molar-refractivity contribution in [3.8, 4) is 0 Å². The third-order valence-corrected chi connectivity index (χ3v) is 3.88. The maximum absolute atomic E-state index is 10.6. The molecule has 1 rings (SSSR count). The lowest BCUT2D eigenvalue weighted by atomic mass is 10.3. The minimum atomic E-state index is -1.14. The van der Waals surface area contributed by atoms with Gasteiger partial charge in [0, 0.05) is 0 Å². The Morgan fingerprint density at radius 1 is 1.69 bits per heavy atom. The van der Waals surface area contributed by atoms with Crippen molar-refractivity contribution in [2.75, 3.05) is 0 Å². The second kappa shape index (κ2) is 3.43. The molecule has 70 valence electrons. The number of hydrogen-bond donors (Lipinski definition) is 1. The Kier molecular flexibility index (Phi) is 2.67. The van der Waals surface area contributed by atoms with Gasteiger partial charge in [0.25, 0.3) is 0 Å². The Bertz CT molecular complexity index is 352. The summed E-state index contributed by atoms with van der Waals surface area (Å²) in [7, 11) is 0. The summed E-state index contributed by atoms with van der Waals surface area (Å²) < 4.78 is 0.250. The Hall–Kier alpha value is -0.950. The summed E-state index contributed by atoms with van der Waals surface area (Å²) in [4.78, 5) is 20.4. The van der Waals surface area contributed by atoms with Crippen molar-refractivity contribution >= 4 is 38.2 Å². The number of thiophene rings is 1. The monoisotopic (exact) mass is 265 g/mol. The molecule has 7 heteroatoms. The number of hydrogen-bond acceptors (Lipinski definition) is 4. The van der Waals surface area contributed by atoms with Gasteiger partial charge in [0.15, 0.2) is 0 Å². The number of carbonyl (C=O) groups is 1. The zero-order valence-electron chi connectivity index (χ0n) is 6.41. The van der Waals surface area contributed by atoms with Crippen molar-refractivity contribution in [3.05, 3.63) is 25.0 Å². The van der Waals surface area contributed by atoms with Crippen LogP contribution in [0.1, 0.15) is 15.2 Å². The molecule has 0 saturated carbocycles. The van der Waals surface area contributed by atoms with E-state index < -0.39 is 10.9 Å². The summed E-state index contributed by atoms with van der Waals surface area (Å²) in [6.07, 6.45) is 0. The highest BCUT2D eigenvalue weighted by atomic mass is 79.9. The SMILES string of the molecule is Cc1c(C(=O)O)sc([N+](=O)[O-])c1Br. The Morgan fingerprint density at radius 2 is 2.23 bits per heavy atom. The molecule has 0 spiro atoms. The van der Waals surface area contributed by atoms with Crippen LogP contribution in [0.2, 0.25) is 0 Å². The van der Waals surface area contributed by atoms with Crippen molar-refractivity contribution in [1.29, 1.82) is 0 Å². The molecule has 13 heavy (non-hydrogen) atoms. The molecule has 0 radical (unpaired) electrons. The van der Waals surface area contributed by atoms with Crippen LogP contribution in [0.3, 0.4) is 0 Å². The molecule has 0 aliphatic carbocycles. The van der Waals surface area contributed by atoms with Gasteiger partial charge in [-0.3, -0.25) is 10.1 Å². The number of carboxylic acids is 1. The molecule has 0 fully saturated rings. The van der Waals surface area contributed by atoms with Gasteiger partial charge >= 0.3 is 11.0 Å². The number of nitrogens with zero attached hydrogens (tertiary/aromatic N) is 1. The summed E-state index contributed by atoms with van der Waals surface area (Å²) in [6.45, 7) is 1.52. The molecule has 0 aliphatic heterocycles. The van der Waals surface area contributed by atoms with E-state index in [9.17, 15) is 14.9 Å². The first kappa shape index (κ1) is 10.1.